The quantitative estimate of drug-likeness (QED) is 0.803. The zero-order valence-corrected chi connectivity index (χ0v) is 15.0. The van der Waals surface area contributed by atoms with Gasteiger partial charge in [-0.2, -0.15) is 5.10 Å². The molecule has 1 heterocycles. The molecule has 3 rings (SSSR count). The molecular formula is C17H21N3O4S. The first-order valence-electron chi connectivity index (χ1n) is 8.13. The Morgan fingerprint density at radius 1 is 1.28 bits per heavy atom. The van der Waals surface area contributed by atoms with Gasteiger partial charge in [0.2, 0.25) is 10.0 Å². The third-order valence-electron chi connectivity index (χ3n) is 4.11. The van der Waals surface area contributed by atoms with E-state index in [2.05, 4.69) is 9.82 Å². The van der Waals surface area contributed by atoms with Gasteiger partial charge in [0.25, 0.3) is 5.56 Å². The van der Waals surface area contributed by atoms with Crippen molar-refractivity contribution in [3.8, 4) is 5.75 Å². The molecule has 2 aromatic rings. The number of aryl methyl sites for hydroxylation is 1. The van der Waals surface area contributed by atoms with Crippen LogP contribution in [0.4, 0.5) is 0 Å². The molecule has 0 atom stereocenters. The van der Waals surface area contributed by atoms with Crippen LogP contribution in [0, 0.1) is 6.92 Å². The molecule has 25 heavy (non-hydrogen) atoms. The van der Waals surface area contributed by atoms with Gasteiger partial charge in [0.1, 0.15) is 10.6 Å². The highest BCUT2D eigenvalue weighted by Gasteiger charge is 2.25. The van der Waals surface area contributed by atoms with Crippen molar-refractivity contribution in [2.75, 3.05) is 13.7 Å². The molecule has 0 radical (unpaired) electrons. The van der Waals surface area contributed by atoms with Crippen molar-refractivity contribution >= 4 is 10.0 Å². The minimum absolute atomic E-state index is 0.0699. The highest BCUT2D eigenvalue weighted by atomic mass is 32.2. The topological polar surface area (TPSA) is 90.3 Å². The Kier molecular flexibility index (Phi) is 4.91. The fourth-order valence-electron chi connectivity index (χ4n) is 2.58. The van der Waals surface area contributed by atoms with Gasteiger partial charge in [-0.05, 0) is 43.5 Å². The van der Waals surface area contributed by atoms with Gasteiger partial charge in [-0.1, -0.05) is 6.07 Å². The molecule has 0 bridgehead atoms. The van der Waals surface area contributed by atoms with Gasteiger partial charge in [0.05, 0.1) is 19.3 Å². The Labute approximate surface area is 146 Å². The lowest BCUT2D eigenvalue weighted by atomic mass is 10.2. The van der Waals surface area contributed by atoms with Gasteiger partial charge >= 0.3 is 0 Å². The molecule has 134 valence electrons. The second-order valence-corrected chi connectivity index (χ2v) is 7.88. The second-order valence-electron chi connectivity index (χ2n) is 6.15. The predicted molar refractivity (Wildman–Crippen MR) is 93.4 cm³/mol. The molecule has 1 aliphatic carbocycles. The average Bonchev–Trinajstić information content (AvgIpc) is 3.41. The maximum Gasteiger partial charge on any atom is 0.266 e. The highest BCUT2D eigenvalue weighted by molar-refractivity contribution is 7.89. The van der Waals surface area contributed by atoms with E-state index in [1.807, 2.05) is 6.92 Å². The normalized spacial score (nSPS) is 14.5. The van der Waals surface area contributed by atoms with Crippen LogP contribution in [-0.2, 0) is 16.6 Å². The molecule has 1 saturated carbocycles. The molecule has 1 aromatic heterocycles. The van der Waals surface area contributed by atoms with Gasteiger partial charge in [-0.25, -0.2) is 17.8 Å². The highest BCUT2D eigenvalue weighted by Crippen LogP contribution is 2.38. The van der Waals surface area contributed by atoms with Crippen molar-refractivity contribution in [2.24, 2.45) is 0 Å². The molecule has 1 fully saturated rings. The molecule has 8 heteroatoms. The molecule has 0 unspecified atom stereocenters. The fraction of sp³-hybridized carbons (Fsp3) is 0.412. The fourth-order valence-corrected chi connectivity index (χ4v) is 3.85. The van der Waals surface area contributed by atoms with E-state index in [1.165, 1.54) is 17.9 Å². The van der Waals surface area contributed by atoms with E-state index >= 15 is 0 Å². The number of nitrogens with one attached hydrogen (secondary N) is 1. The number of ether oxygens (including phenoxy) is 1. The minimum Gasteiger partial charge on any atom is -0.495 e. The van der Waals surface area contributed by atoms with Crippen molar-refractivity contribution in [2.45, 2.75) is 37.1 Å². The zero-order chi connectivity index (χ0) is 18.0. The van der Waals surface area contributed by atoms with Crippen LogP contribution in [0.2, 0.25) is 0 Å². The predicted octanol–water partition coefficient (Wildman–Crippen LogP) is 1.42. The van der Waals surface area contributed by atoms with Crippen LogP contribution >= 0.6 is 0 Å². The summed E-state index contributed by atoms with van der Waals surface area (Å²) in [5.74, 6) is 0.712. The lowest BCUT2D eigenvalue weighted by Crippen LogP contribution is -2.32. The van der Waals surface area contributed by atoms with Crippen molar-refractivity contribution in [3.05, 3.63) is 51.9 Å². The van der Waals surface area contributed by atoms with E-state index in [1.54, 1.807) is 24.3 Å². The summed E-state index contributed by atoms with van der Waals surface area (Å²) in [6, 6.07) is 8.19. The van der Waals surface area contributed by atoms with Crippen LogP contribution in [-0.4, -0.2) is 31.9 Å². The van der Waals surface area contributed by atoms with Crippen molar-refractivity contribution < 1.29 is 13.2 Å². The Morgan fingerprint density at radius 2 is 2.04 bits per heavy atom. The molecule has 0 amide bonds. The maximum absolute atomic E-state index is 12.5. The summed E-state index contributed by atoms with van der Waals surface area (Å²) in [6.07, 6.45) is 2.18. The van der Waals surface area contributed by atoms with Gasteiger partial charge in [-0.15, -0.1) is 0 Å². The first-order valence-corrected chi connectivity index (χ1v) is 9.61. The molecule has 0 spiro atoms. The van der Waals surface area contributed by atoms with Gasteiger partial charge in [-0.3, -0.25) is 4.79 Å². The number of hydrogen-bond acceptors (Lipinski definition) is 5. The van der Waals surface area contributed by atoms with E-state index in [9.17, 15) is 13.2 Å². The van der Waals surface area contributed by atoms with E-state index in [0.717, 1.165) is 24.1 Å². The van der Waals surface area contributed by atoms with Gasteiger partial charge in [0.15, 0.2) is 0 Å². The molecule has 0 aliphatic heterocycles. The summed E-state index contributed by atoms with van der Waals surface area (Å²) in [5.41, 5.74) is 1.47. The largest absolute Gasteiger partial charge is 0.495 e. The summed E-state index contributed by atoms with van der Waals surface area (Å²) in [6.45, 7) is 2.05. The van der Waals surface area contributed by atoms with Crippen molar-refractivity contribution in [3.63, 3.8) is 0 Å². The lowest BCUT2D eigenvalue weighted by Gasteiger charge is -2.12. The number of rotatable bonds is 7. The van der Waals surface area contributed by atoms with Crippen LogP contribution < -0.4 is 15.0 Å². The number of sulfonamides is 1. The minimum atomic E-state index is -3.74. The number of aromatic nitrogens is 2. The Hall–Kier alpha value is -2.19. The van der Waals surface area contributed by atoms with E-state index in [-0.39, 0.29) is 29.3 Å². The smallest absolute Gasteiger partial charge is 0.266 e. The maximum atomic E-state index is 12.5. The average molecular weight is 363 g/mol. The lowest BCUT2D eigenvalue weighted by molar-refractivity contribution is 0.402. The number of hydrogen-bond donors (Lipinski definition) is 1. The van der Waals surface area contributed by atoms with Crippen LogP contribution in [0.5, 0.6) is 5.75 Å². The first-order chi connectivity index (χ1) is 11.9. The molecule has 1 aromatic carbocycles. The molecule has 1 N–H and O–H groups in total. The molecule has 0 saturated heterocycles. The van der Waals surface area contributed by atoms with Crippen LogP contribution in [0.1, 0.15) is 30.0 Å². The first kappa shape index (κ1) is 17.6. The summed E-state index contributed by atoms with van der Waals surface area (Å²) < 4.78 is 34.0. The van der Waals surface area contributed by atoms with Crippen LogP contribution in [0.3, 0.4) is 0 Å². The SMILES string of the molecule is COc1ccc(C)cc1S(=O)(=O)NCCn1nc(C2CC2)ccc1=O. The Morgan fingerprint density at radius 3 is 2.72 bits per heavy atom. The summed E-state index contributed by atoms with van der Waals surface area (Å²) in [7, 11) is -2.31. The Balaban J connectivity index is 1.72. The summed E-state index contributed by atoms with van der Waals surface area (Å²) in [4.78, 5) is 12.0. The Bertz CT molecular complexity index is 933. The monoisotopic (exact) mass is 363 g/mol. The third-order valence-corrected chi connectivity index (χ3v) is 5.59. The van der Waals surface area contributed by atoms with Crippen LogP contribution in [0.25, 0.3) is 0 Å². The van der Waals surface area contributed by atoms with Crippen molar-refractivity contribution in [1.82, 2.24) is 14.5 Å². The van der Waals surface area contributed by atoms with Gasteiger partial charge in [0, 0.05) is 18.5 Å². The molecular weight excluding hydrogens is 342 g/mol. The number of benzene rings is 1. The van der Waals surface area contributed by atoms with E-state index < -0.39 is 10.0 Å². The molecule has 7 nitrogen and oxygen atoms in total. The van der Waals surface area contributed by atoms with Gasteiger partial charge < -0.3 is 4.74 Å². The summed E-state index contributed by atoms with van der Waals surface area (Å²) in [5, 5.41) is 4.32. The van der Waals surface area contributed by atoms with E-state index in [4.69, 9.17) is 4.74 Å². The number of nitrogens with zero attached hydrogens (tertiary/aromatic N) is 2. The second kappa shape index (κ2) is 6.97. The zero-order valence-electron chi connectivity index (χ0n) is 14.2. The standard InChI is InChI=1S/C17H21N3O4S/c1-12-3-7-15(24-2)16(11-12)25(22,23)18-9-10-20-17(21)8-6-14(19-20)13-4-5-13/h3,6-8,11,13,18H,4-5,9-10H2,1-2H3. The third kappa shape index (κ3) is 4.08. The van der Waals surface area contributed by atoms with E-state index in [0.29, 0.717) is 5.92 Å². The summed E-state index contributed by atoms with van der Waals surface area (Å²) >= 11 is 0. The van der Waals surface area contributed by atoms with Crippen molar-refractivity contribution in [1.29, 1.82) is 0 Å². The molecule has 1 aliphatic rings. The number of methoxy groups -OCH3 is 1. The van der Waals surface area contributed by atoms with Crippen LogP contribution in [0.15, 0.2) is 40.0 Å².